The van der Waals surface area contributed by atoms with Gasteiger partial charge in [-0.05, 0) is 29.8 Å². The number of carbonyl (C=O) groups is 1. The molecule has 0 fully saturated rings. The zero-order chi connectivity index (χ0) is 15.1. The van der Waals surface area contributed by atoms with Gasteiger partial charge in [0.15, 0.2) is 0 Å². The number of anilines is 1. The van der Waals surface area contributed by atoms with Crippen LogP contribution < -0.4 is 10.6 Å². The van der Waals surface area contributed by atoms with E-state index in [1.165, 1.54) is 6.07 Å². The van der Waals surface area contributed by atoms with Crippen LogP contribution >= 0.6 is 0 Å². The molecule has 1 aromatic carbocycles. The Labute approximate surface area is 121 Å². The van der Waals surface area contributed by atoms with Crippen molar-refractivity contribution >= 4 is 11.6 Å². The number of hydrogen-bond acceptors (Lipinski definition) is 3. The number of para-hydroxylation sites is 1. The normalized spacial score (nSPS) is 10.2. The van der Waals surface area contributed by atoms with Gasteiger partial charge in [0.25, 0.3) is 0 Å². The Bertz CT molecular complexity index is 585. The smallest absolute Gasteiger partial charge is 0.222 e. The Kier molecular flexibility index (Phi) is 5.20. The Morgan fingerprint density at radius 3 is 2.43 bits per heavy atom. The summed E-state index contributed by atoms with van der Waals surface area (Å²) in [6.45, 7) is 0.551. The highest BCUT2D eigenvalue weighted by Crippen LogP contribution is 2.17. The molecule has 110 valence electrons. The van der Waals surface area contributed by atoms with Crippen LogP contribution in [0.2, 0.25) is 0 Å². The number of nitrogens with one attached hydrogen (secondary N) is 2. The molecular formula is C15H15F2N3O. The molecule has 6 heteroatoms. The summed E-state index contributed by atoms with van der Waals surface area (Å²) >= 11 is 0. The minimum Gasteiger partial charge on any atom is -0.380 e. The van der Waals surface area contributed by atoms with Gasteiger partial charge in [-0.3, -0.25) is 9.78 Å². The summed E-state index contributed by atoms with van der Waals surface area (Å²) in [5, 5.41) is 5.31. The van der Waals surface area contributed by atoms with Crippen LogP contribution in [0.4, 0.5) is 14.5 Å². The first-order valence-electron chi connectivity index (χ1n) is 6.50. The van der Waals surface area contributed by atoms with E-state index in [9.17, 15) is 13.6 Å². The van der Waals surface area contributed by atoms with E-state index in [0.717, 1.165) is 17.7 Å². The van der Waals surface area contributed by atoms with Gasteiger partial charge in [0.1, 0.15) is 17.3 Å². The van der Waals surface area contributed by atoms with E-state index in [2.05, 4.69) is 15.6 Å². The molecule has 2 N–H and O–H groups in total. The van der Waals surface area contributed by atoms with Crippen LogP contribution in [-0.2, 0) is 11.3 Å². The molecule has 1 heterocycles. The maximum absolute atomic E-state index is 13.3. The maximum atomic E-state index is 13.3. The monoisotopic (exact) mass is 291 g/mol. The summed E-state index contributed by atoms with van der Waals surface area (Å²) in [4.78, 5) is 15.5. The van der Waals surface area contributed by atoms with Crippen LogP contribution in [0, 0.1) is 11.6 Å². The van der Waals surface area contributed by atoms with E-state index in [-0.39, 0.29) is 24.6 Å². The molecule has 21 heavy (non-hydrogen) atoms. The average molecular weight is 291 g/mol. The van der Waals surface area contributed by atoms with Gasteiger partial charge >= 0.3 is 0 Å². The molecule has 0 atom stereocenters. The second kappa shape index (κ2) is 7.33. The molecule has 0 bridgehead atoms. The molecule has 2 aromatic rings. The Morgan fingerprint density at radius 2 is 1.76 bits per heavy atom. The quantitative estimate of drug-likeness (QED) is 0.859. The van der Waals surface area contributed by atoms with Crippen LogP contribution in [-0.4, -0.2) is 17.4 Å². The van der Waals surface area contributed by atoms with Crippen LogP contribution in [0.15, 0.2) is 42.7 Å². The van der Waals surface area contributed by atoms with Crippen molar-refractivity contribution in [2.75, 3.05) is 11.9 Å². The van der Waals surface area contributed by atoms with Gasteiger partial charge in [0.2, 0.25) is 5.91 Å². The summed E-state index contributed by atoms with van der Waals surface area (Å²) in [7, 11) is 0. The van der Waals surface area contributed by atoms with Crippen molar-refractivity contribution in [1.82, 2.24) is 10.3 Å². The summed E-state index contributed by atoms with van der Waals surface area (Å²) in [6, 6.07) is 7.21. The van der Waals surface area contributed by atoms with Crippen LogP contribution in [0.5, 0.6) is 0 Å². The number of nitrogens with zero attached hydrogens (tertiary/aromatic N) is 1. The lowest BCUT2D eigenvalue weighted by Crippen LogP contribution is -2.25. The number of pyridine rings is 1. The van der Waals surface area contributed by atoms with Crippen LogP contribution in [0.3, 0.4) is 0 Å². The lowest BCUT2D eigenvalue weighted by atomic mass is 10.2. The summed E-state index contributed by atoms with van der Waals surface area (Å²) in [6.07, 6.45) is 3.41. The highest BCUT2D eigenvalue weighted by atomic mass is 19.1. The molecule has 0 aliphatic rings. The summed E-state index contributed by atoms with van der Waals surface area (Å²) in [5.41, 5.74) is 0.728. The number of amides is 1. The lowest BCUT2D eigenvalue weighted by molar-refractivity contribution is -0.121. The predicted octanol–water partition coefficient (Wildman–Crippen LogP) is 2.48. The van der Waals surface area contributed by atoms with E-state index in [0.29, 0.717) is 6.54 Å². The largest absolute Gasteiger partial charge is 0.380 e. The van der Waals surface area contributed by atoms with Gasteiger partial charge in [-0.15, -0.1) is 0 Å². The van der Waals surface area contributed by atoms with Crippen LogP contribution in [0.1, 0.15) is 12.0 Å². The second-order valence-electron chi connectivity index (χ2n) is 4.41. The number of halogens is 2. The van der Waals surface area contributed by atoms with Gasteiger partial charge < -0.3 is 10.6 Å². The highest BCUT2D eigenvalue weighted by Gasteiger charge is 2.08. The van der Waals surface area contributed by atoms with Crippen molar-refractivity contribution in [3.8, 4) is 0 Å². The first-order chi connectivity index (χ1) is 10.2. The minimum absolute atomic E-state index is 0.124. The molecular weight excluding hydrogens is 276 g/mol. The number of hydrogen-bond donors (Lipinski definition) is 2. The number of aromatic nitrogens is 1. The summed E-state index contributed by atoms with van der Waals surface area (Å²) in [5.74, 6) is -1.55. The standard InChI is InChI=1S/C15H15F2N3O/c16-12-2-1-3-13(17)15(12)19-9-6-14(21)20-10-11-4-7-18-8-5-11/h1-5,7-8,19H,6,9-10H2,(H,20,21). The molecule has 0 spiro atoms. The zero-order valence-electron chi connectivity index (χ0n) is 11.3. The van der Waals surface area contributed by atoms with Gasteiger partial charge in [-0.1, -0.05) is 6.07 Å². The Morgan fingerprint density at radius 1 is 1.10 bits per heavy atom. The Balaban J connectivity index is 1.75. The van der Waals surface area contributed by atoms with Crippen molar-refractivity contribution in [1.29, 1.82) is 0 Å². The predicted molar refractivity (Wildman–Crippen MR) is 75.5 cm³/mol. The fourth-order valence-electron chi connectivity index (χ4n) is 1.76. The van der Waals surface area contributed by atoms with Crippen molar-refractivity contribution in [2.45, 2.75) is 13.0 Å². The molecule has 4 nitrogen and oxygen atoms in total. The van der Waals surface area contributed by atoms with Gasteiger partial charge in [-0.2, -0.15) is 0 Å². The maximum Gasteiger partial charge on any atom is 0.222 e. The zero-order valence-corrected chi connectivity index (χ0v) is 11.3. The molecule has 1 amide bonds. The van der Waals surface area contributed by atoms with E-state index < -0.39 is 11.6 Å². The van der Waals surface area contributed by atoms with Crippen molar-refractivity contribution in [3.05, 3.63) is 59.9 Å². The topological polar surface area (TPSA) is 54.0 Å². The molecule has 0 unspecified atom stereocenters. The fourth-order valence-corrected chi connectivity index (χ4v) is 1.76. The molecule has 0 radical (unpaired) electrons. The van der Waals surface area contributed by atoms with Gasteiger partial charge in [-0.25, -0.2) is 8.78 Å². The SMILES string of the molecule is O=C(CCNc1c(F)cccc1F)NCc1ccncc1. The van der Waals surface area contributed by atoms with Crippen molar-refractivity contribution in [2.24, 2.45) is 0 Å². The summed E-state index contributed by atoms with van der Waals surface area (Å²) < 4.78 is 26.7. The van der Waals surface area contributed by atoms with Crippen LogP contribution in [0.25, 0.3) is 0 Å². The lowest BCUT2D eigenvalue weighted by Gasteiger charge is -2.09. The third-order valence-electron chi connectivity index (χ3n) is 2.86. The number of benzene rings is 1. The van der Waals surface area contributed by atoms with Gasteiger partial charge in [0.05, 0.1) is 0 Å². The highest BCUT2D eigenvalue weighted by molar-refractivity contribution is 5.76. The first-order valence-corrected chi connectivity index (χ1v) is 6.50. The third kappa shape index (κ3) is 4.52. The number of carbonyl (C=O) groups excluding carboxylic acids is 1. The van der Waals surface area contributed by atoms with E-state index in [1.54, 1.807) is 24.5 Å². The van der Waals surface area contributed by atoms with Crippen molar-refractivity contribution < 1.29 is 13.6 Å². The minimum atomic E-state index is -0.674. The second-order valence-corrected chi connectivity index (χ2v) is 4.41. The molecule has 2 rings (SSSR count). The van der Waals surface area contributed by atoms with E-state index >= 15 is 0 Å². The average Bonchev–Trinajstić information content (AvgIpc) is 2.49. The molecule has 0 saturated heterocycles. The first kappa shape index (κ1) is 14.9. The van der Waals surface area contributed by atoms with E-state index in [4.69, 9.17) is 0 Å². The fraction of sp³-hybridized carbons (Fsp3) is 0.200. The molecule has 0 aliphatic heterocycles. The van der Waals surface area contributed by atoms with E-state index in [1.807, 2.05) is 0 Å². The number of rotatable bonds is 6. The van der Waals surface area contributed by atoms with Crippen molar-refractivity contribution in [3.63, 3.8) is 0 Å². The third-order valence-corrected chi connectivity index (χ3v) is 2.86. The Hall–Kier alpha value is -2.50. The molecule has 0 saturated carbocycles. The molecule has 1 aromatic heterocycles. The molecule has 0 aliphatic carbocycles. The van der Waals surface area contributed by atoms with Gasteiger partial charge in [0, 0.05) is 31.9 Å².